The molecule has 0 N–H and O–H groups in total. The van der Waals surface area contributed by atoms with Crippen LogP contribution in [-0.4, -0.2) is 18.1 Å². The van der Waals surface area contributed by atoms with Gasteiger partial charge < -0.3 is 4.90 Å². The second kappa shape index (κ2) is 5.41. The van der Waals surface area contributed by atoms with Crippen LogP contribution < -0.4 is 4.90 Å². The van der Waals surface area contributed by atoms with E-state index >= 15 is 0 Å². The van der Waals surface area contributed by atoms with Crippen LogP contribution in [0.15, 0.2) is 29.6 Å². The fraction of sp³-hybridized carbons (Fsp3) is 0.333. The second-order valence-corrected chi connectivity index (χ2v) is 5.56. The van der Waals surface area contributed by atoms with Crippen LogP contribution in [-0.2, 0) is 0 Å². The zero-order valence-electron chi connectivity index (χ0n) is 10.7. The molecule has 3 nitrogen and oxygen atoms in total. The van der Waals surface area contributed by atoms with Crippen LogP contribution in [0.25, 0.3) is 16.1 Å². The Hall–Kier alpha value is -1.86. The SMILES string of the molecule is [C-]#[N+]c1ccc(-c2csc(N3CCCCC3)n2)cc1. The Morgan fingerprint density at radius 1 is 1.11 bits per heavy atom. The van der Waals surface area contributed by atoms with E-state index in [1.165, 1.54) is 19.3 Å². The maximum absolute atomic E-state index is 6.96. The van der Waals surface area contributed by atoms with Crippen molar-refractivity contribution < 1.29 is 0 Å². The Bertz CT molecular complexity index is 589. The van der Waals surface area contributed by atoms with Gasteiger partial charge in [0.05, 0.1) is 12.3 Å². The second-order valence-electron chi connectivity index (χ2n) is 4.72. The number of rotatable bonds is 2. The lowest BCUT2D eigenvalue weighted by molar-refractivity contribution is 0.577. The molecule has 0 spiro atoms. The minimum Gasteiger partial charge on any atom is -0.348 e. The van der Waals surface area contributed by atoms with Crippen LogP contribution in [0.5, 0.6) is 0 Å². The van der Waals surface area contributed by atoms with E-state index in [9.17, 15) is 0 Å². The number of benzene rings is 1. The third-order valence-electron chi connectivity index (χ3n) is 3.41. The van der Waals surface area contributed by atoms with Crippen molar-refractivity contribution in [2.75, 3.05) is 18.0 Å². The molecule has 0 saturated carbocycles. The molecule has 2 heterocycles. The van der Waals surface area contributed by atoms with Gasteiger partial charge in [0.1, 0.15) is 0 Å². The zero-order valence-corrected chi connectivity index (χ0v) is 11.5. The smallest absolute Gasteiger partial charge is 0.187 e. The highest BCUT2D eigenvalue weighted by Crippen LogP contribution is 2.30. The lowest BCUT2D eigenvalue weighted by atomic mass is 10.1. The molecule has 0 radical (unpaired) electrons. The van der Waals surface area contributed by atoms with Crippen LogP contribution in [0.3, 0.4) is 0 Å². The van der Waals surface area contributed by atoms with Crippen molar-refractivity contribution in [3.8, 4) is 11.3 Å². The first kappa shape index (κ1) is 12.2. The quantitative estimate of drug-likeness (QED) is 0.755. The van der Waals surface area contributed by atoms with E-state index in [4.69, 9.17) is 11.6 Å². The maximum atomic E-state index is 6.96. The summed E-state index contributed by atoms with van der Waals surface area (Å²) in [7, 11) is 0. The van der Waals surface area contributed by atoms with Crippen molar-refractivity contribution in [3.05, 3.63) is 41.1 Å². The average molecular weight is 269 g/mol. The monoisotopic (exact) mass is 269 g/mol. The molecule has 1 aliphatic heterocycles. The van der Waals surface area contributed by atoms with Gasteiger partial charge in [-0.15, -0.1) is 11.3 Å². The van der Waals surface area contributed by atoms with Crippen LogP contribution in [0.1, 0.15) is 19.3 Å². The normalized spacial score (nSPS) is 15.2. The fourth-order valence-electron chi connectivity index (χ4n) is 2.33. The van der Waals surface area contributed by atoms with Gasteiger partial charge in [-0.1, -0.05) is 24.3 Å². The highest BCUT2D eigenvalue weighted by Gasteiger charge is 2.14. The third-order valence-corrected chi connectivity index (χ3v) is 4.31. The summed E-state index contributed by atoms with van der Waals surface area (Å²) in [5, 5.41) is 3.24. The molecule has 1 aliphatic rings. The van der Waals surface area contributed by atoms with Crippen LogP contribution in [0.4, 0.5) is 10.8 Å². The predicted molar refractivity (Wildman–Crippen MR) is 79.9 cm³/mol. The molecular weight excluding hydrogens is 254 g/mol. The summed E-state index contributed by atoms with van der Waals surface area (Å²) in [5.74, 6) is 0. The number of hydrogen-bond donors (Lipinski definition) is 0. The number of hydrogen-bond acceptors (Lipinski definition) is 3. The van der Waals surface area contributed by atoms with Crippen molar-refractivity contribution in [2.24, 2.45) is 0 Å². The van der Waals surface area contributed by atoms with E-state index in [1.807, 2.05) is 24.3 Å². The molecule has 1 aromatic heterocycles. The highest BCUT2D eigenvalue weighted by atomic mass is 32.1. The molecule has 1 fully saturated rings. The van der Waals surface area contributed by atoms with Crippen LogP contribution >= 0.6 is 11.3 Å². The van der Waals surface area contributed by atoms with Gasteiger partial charge in [0.2, 0.25) is 0 Å². The van der Waals surface area contributed by atoms with Gasteiger partial charge in [0, 0.05) is 18.5 Å². The third kappa shape index (κ3) is 2.61. The number of anilines is 1. The lowest BCUT2D eigenvalue weighted by Gasteiger charge is -2.25. The molecule has 96 valence electrons. The standard InChI is InChI=1S/C15H15N3S/c1-16-13-7-5-12(6-8-13)14-11-19-15(17-14)18-9-3-2-4-10-18/h5-8,11H,2-4,9-10H2. The summed E-state index contributed by atoms with van der Waals surface area (Å²) in [5.41, 5.74) is 2.78. The molecule has 2 aromatic rings. The highest BCUT2D eigenvalue weighted by molar-refractivity contribution is 7.14. The van der Waals surface area contributed by atoms with Crippen molar-refractivity contribution in [1.29, 1.82) is 0 Å². The first-order valence-corrected chi connectivity index (χ1v) is 7.43. The van der Waals surface area contributed by atoms with E-state index in [0.717, 1.165) is 29.5 Å². The summed E-state index contributed by atoms with van der Waals surface area (Å²) in [6.45, 7) is 9.22. The Morgan fingerprint density at radius 3 is 2.53 bits per heavy atom. The van der Waals surface area contributed by atoms with E-state index in [1.54, 1.807) is 11.3 Å². The van der Waals surface area contributed by atoms with Gasteiger partial charge in [0.15, 0.2) is 10.8 Å². The van der Waals surface area contributed by atoms with E-state index in [-0.39, 0.29) is 0 Å². The van der Waals surface area contributed by atoms with E-state index in [0.29, 0.717) is 5.69 Å². The van der Waals surface area contributed by atoms with Gasteiger partial charge in [0.25, 0.3) is 0 Å². The minimum absolute atomic E-state index is 0.676. The van der Waals surface area contributed by atoms with E-state index < -0.39 is 0 Å². The molecule has 19 heavy (non-hydrogen) atoms. The van der Waals surface area contributed by atoms with Gasteiger partial charge in [-0.05, 0) is 24.8 Å². The Balaban J connectivity index is 1.81. The zero-order chi connectivity index (χ0) is 13.1. The molecule has 4 heteroatoms. The van der Waals surface area contributed by atoms with E-state index in [2.05, 4.69) is 15.1 Å². The first-order chi connectivity index (χ1) is 9.36. The maximum Gasteiger partial charge on any atom is 0.187 e. The van der Waals surface area contributed by atoms with Crippen molar-refractivity contribution in [2.45, 2.75) is 19.3 Å². The van der Waals surface area contributed by atoms with Crippen molar-refractivity contribution >= 4 is 22.2 Å². The van der Waals surface area contributed by atoms with Gasteiger partial charge in [-0.3, -0.25) is 0 Å². The summed E-state index contributed by atoms with van der Waals surface area (Å²) in [6, 6.07) is 7.65. The topological polar surface area (TPSA) is 20.5 Å². The molecule has 0 atom stereocenters. The number of nitrogens with zero attached hydrogens (tertiary/aromatic N) is 3. The number of piperidine rings is 1. The largest absolute Gasteiger partial charge is 0.348 e. The number of thiazole rings is 1. The molecule has 0 bridgehead atoms. The fourth-order valence-corrected chi connectivity index (χ4v) is 3.22. The summed E-state index contributed by atoms with van der Waals surface area (Å²) in [6.07, 6.45) is 3.88. The minimum atomic E-state index is 0.676. The van der Waals surface area contributed by atoms with Gasteiger partial charge in [-0.2, -0.15) is 0 Å². The van der Waals surface area contributed by atoms with Crippen molar-refractivity contribution in [3.63, 3.8) is 0 Å². The first-order valence-electron chi connectivity index (χ1n) is 6.55. The molecule has 3 rings (SSSR count). The molecule has 1 saturated heterocycles. The summed E-state index contributed by atoms with van der Waals surface area (Å²) < 4.78 is 0. The Kier molecular flexibility index (Phi) is 3.47. The molecule has 0 aliphatic carbocycles. The predicted octanol–water partition coefficient (Wildman–Crippen LogP) is 4.35. The molecule has 0 unspecified atom stereocenters. The van der Waals surface area contributed by atoms with Gasteiger partial charge >= 0.3 is 0 Å². The Labute approximate surface area is 117 Å². The average Bonchev–Trinajstić information content (AvgIpc) is 2.98. The lowest BCUT2D eigenvalue weighted by Crippen LogP contribution is -2.29. The molecule has 1 aromatic carbocycles. The summed E-state index contributed by atoms with van der Waals surface area (Å²) in [4.78, 5) is 10.5. The van der Waals surface area contributed by atoms with Crippen LogP contribution in [0, 0.1) is 6.57 Å². The summed E-state index contributed by atoms with van der Waals surface area (Å²) >= 11 is 1.72. The number of aromatic nitrogens is 1. The van der Waals surface area contributed by atoms with Crippen LogP contribution in [0.2, 0.25) is 0 Å². The molecular formula is C15H15N3S. The Morgan fingerprint density at radius 2 is 1.84 bits per heavy atom. The van der Waals surface area contributed by atoms with Crippen molar-refractivity contribution in [1.82, 2.24) is 4.98 Å². The molecule has 0 amide bonds. The van der Waals surface area contributed by atoms with Gasteiger partial charge in [-0.25, -0.2) is 9.83 Å².